The molecule has 1 fully saturated rings. The van der Waals surface area contributed by atoms with Crippen molar-refractivity contribution in [2.75, 3.05) is 13.1 Å². The van der Waals surface area contributed by atoms with E-state index in [1.165, 1.54) is 6.20 Å². The monoisotopic (exact) mass is 376 g/mol. The smallest absolute Gasteiger partial charge is 0.410 e. The first kappa shape index (κ1) is 20.7. The van der Waals surface area contributed by atoms with Crippen LogP contribution >= 0.6 is 0 Å². The van der Waals surface area contributed by atoms with Gasteiger partial charge in [0.05, 0.1) is 6.10 Å². The zero-order chi connectivity index (χ0) is 19.9. The van der Waals surface area contributed by atoms with Gasteiger partial charge in [-0.1, -0.05) is 23.9 Å². The van der Waals surface area contributed by atoms with E-state index in [0.717, 1.165) is 12.8 Å². The molecule has 148 valence electrons. The highest BCUT2D eigenvalue weighted by molar-refractivity contribution is 5.70. The largest absolute Gasteiger partial charge is 0.444 e. The number of piperidine rings is 1. The topological polar surface area (TPSA) is 104 Å². The van der Waals surface area contributed by atoms with E-state index in [4.69, 9.17) is 19.7 Å². The van der Waals surface area contributed by atoms with Gasteiger partial charge in [0, 0.05) is 18.7 Å². The van der Waals surface area contributed by atoms with Crippen LogP contribution in [0.3, 0.4) is 0 Å². The first-order valence-electron chi connectivity index (χ1n) is 8.96. The molecule has 1 aliphatic heterocycles. The average molecular weight is 376 g/mol. The molecule has 2 N–H and O–H groups in total. The summed E-state index contributed by atoms with van der Waals surface area (Å²) in [6.07, 6.45) is 7.66. The Morgan fingerprint density at radius 2 is 2.11 bits per heavy atom. The predicted octanol–water partition coefficient (Wildman–Crippen LogP) is 3.03. The van der Waals surface area contributed by atoms with Crippen molar-refractivity contribution >= 4 is 11.7 Å². The standard InChI is InChI=1S/C19H28N4O4/c1-5-6-14(7-10-20)17-21-16(27-22-17)13-25-15-8-11-23(12-9-15)18(24)26-19(2,3)4/h5-7,10,15H,1,8-9,11-13,20H2,2-4H3/b10-7-,14-6+. The van der Waals surface area contributed by atoms with Gasteiger partial charge in [0.1, 0.15) is 12.2 Å². The lowest BCUT2D eigenvalue weighted by Gasteiger charge is -2.33. The number of aromatic nitrogens is 2. The molecule has 0 bridgehead atoms. The Bertz CT molecular complexity index is 695. The third-order valence-electron chi connectivity index (χ3n) is 3.84. The zero-order valence-corrected chi connectivity index (χ0v) is 16.2. The van der Waals surface area contributed by atoms with Crippen molar-refractivity contribution in [2.45, 2.75) is 51.9 Å². The van der Waals surface area contributed by atoms with E-state index in [0.29, 0.717) is 30.4 Å². The predicted molar refractivity (Wildman–Crippen MR) is 101 cm³/mol. The molecular weight excluding hydrogens is 348 g/mol. The number of carbonyl (C=O) groups excluding carboxylic acids is 1. The Hall–Kier alpha value is -2.61. The van der Waals surface area contributed by atoms with Crippen LogP contribution in [0.5, 0.6) is 0 Å². The van der Waals surface area contributed by atoms with Crippen LogP contribution < -0.4 is 5.73 Å². The maximum atomic E-state index is 12.1. The van der Waals surface area contributed by atoms with Crippen molar-refractivity contribution in [3.63, 3.8) is 0 Å². The molecule has 0 aromatic carbocycles. The summed E-state index contributed by atoms with van der Waals surface area (Å²) in [7, 11) is 0. The van der Waals surface area contributed by atoms with Gasteiger partial charge in [0.15, 0.2) is 0 Å². The van der Waals surface area contributed by atoms with Crippen LogP contribution in [-0.4, -0.2) is 45.9 Å². The number of hydrogen-bond donors (Lipinski definition) is 1. The Morgan fingerprint density at radius 1 is 1.41 bits per heavy atom. The molecule has 8 nitrogen and oxygen atoms in total. The van der Waals surface area contributed by atoms with Crippen LogP contribution in [0.25, 0.3) is 5.57 Å². The van der Waals surface area contributed by atoms with Gasteiger partial charge in [-0.3, -0.25) is 0 Å². The van der Waals surface area contributed by atoms with Crippen molar-refractivity contribution in [1.82, 2.24) is 15.0 Å². The second-order valence-electron chi connectivity index (χ2n) is 7.21. The molecule has 2 heterocycles. The molecule has 1 aromatic rings. The molecule has 1 amide bonds. The van der Waals surface area contributed by atoms with Gasteiger partial charge in [-0.25, -0.2) is 4.79 Å². The molecule has 1 aliphatic rings. The average Bonchev–Trinajstić information content (AvgIpc) is 3.07. The zero-order valence-electron chi connectivity index (χ0n) is 16.2. The minimum absolute atomic E-state index is 0.0335. The van der Waals surface area contributed by atoms with Crippen LogP contribution in [0.2, 0.25) is 0 Å². The van der Waals surface area contributed by atoms with E-state index in [-0.39, 0.29) is 18.8 Å². The summed E-state index contributed by atoms with van der Waals surface area (Å²) in [5, 5.41) is 3.93. The minimum atomic E-state index is -0.488. The summed E-state index contributed by atoms with van der Waals surface area (Å²) in [6.45, 7) is 10.6. The number of likely N-dealkylation sites (tertiary alicyclic amines) is 1. The first-order valence-corrected chi connectivity index (χ1v) is 8.96. The van der Waals surface area contributed by atoms with Gasteiger partial charge >= 0.3 is 6.09 Å². The maximum Gasteiger partial charge on any atom is 0.410 e. The normalized spacial score (nSPS) is 16.7. The summed E-state index contributed by atoms with van der Waals surface area (Å²) in [5.41, 5.74) is 5.64. The highest BCUT2D eigenvalue weighted by Gasteiger charge is 2.27. The molecule has 0 atom stereocenters. The van der Waals surface area contributed by atoms with Gasteiger partial charge in [-0.05, 0) is 45.9 Å². The number of carbonyl (C=O) groups is 1. The SMILES string of the molecule is C=C/C=C(\C=C/N)c1noc(COC2CCN(C(=O)OC(C)(C)C)CC2)n1. The van der Waals surface area contributed by atoms with E-state index < -0.39 is 5.60 Å². The third-order valence-corrected chi connectivity index (χ3v) is 3.84. The van der Waals surface area contributed by atoms with Gasteiger partial charge in [-0.15, -0.1) is 0 Å². The molecule has 27 heavy (non-hydrogen) atoms. The van der Waals surface area contributed by atoms with Crippen LogP contribution in [-0.2, 0) is 16.1 Å². The fraction of sp³-hybridized carbons (Fsp3) is 0.526. The van der Waals surface area contributed by atoms with Crippen molar-refractivity contribution < 1.29 is 18.8 Å². The van der Waals surface area contributed by atoms with Crippen molar-refractivity contribution in [1.29, 1.82) is 0 Å². The number of rotatable bonds is 6. The molecule has 2 rings (SSSR count). The van der Waals surface area contributed by atoms with Gasteiger partial charge in [0.2, 0.25) is 5.82 Å². The fourth-order valence-corrected chi connectivity index (χ4v) is 2.59. The first-order chi connectivity index (χ1) is 12.8. The molecule has 1 saturated heterocycles. The van der Waals surface area contributed by atoms with E-state index in [2.05, 4.69) is 16.7 Å². The summed E-state index contributed by atoms with van der Waals surface area (Å²) in [4.78, 5) is 18.1. The molecule has 0 spiro atoms. The molecule has 0 saturated carbocycles. The number of allylic oxidation sites excluding steroid dienone is 4. The summed E-state index contributed by atoms with van der Waals surface area (Å²) >= 11 is 0. The van der Waals surface area contributed by atoms with Gasteiger partial charge in [-0.2, -0.15) is 4.98 Å². The lowest BCUT2D eigenvalue weighted by molar-refractivity contribution is -0.0231. The van der Waals surface area contributed by atoms with Crippen molar-refractivity contribution in [2.24, 2.45) is 5.73 Å². The Labute approximate surface area is 159 Å². The van der Waals surface area contributed by atoms with Crippen LogP contribution in [0.1, 0.15) is 45.3 Å². The van der Waals surface area contributed by atoms with Crippen molar-refractivity contribution in [3.05, 3.63) is 42.7 Å². The highest BCUT2D eigenvalue weighted by atomic mass is 16.6. The molecule has 0 radical (unpaired) electrons. The van der Waals surface area contributed by atoms with Crippen LogP contribution in [0.15, 0.2) is 35.5 Å². The second-order valence-corrected chi connectivity index (χ2v) is 7.21. The van der Waals surface area contributed by atoms with Crippen LogP contribution in [0, 0.1) is 0 Å². The fourth-order valence-electron chi connectivity index (χ4n) is 2.59. The summed E-state index contributed by atoms with van der Waals surface area (Å²) in [6, 6.07) is 0. The third kappa shape index (κ3) is 6.56. The summed E-state index contributed by atoms with van der Waals surface area (Å²) in [5.74, 6) is 0.815. The van der Waals surface area contributed by atoms with Gasteiger partial charge < -0.3 is 24.6 Å². The highest BCUT2D eigenvalue weighted by Crippen LogP contribution is 2.19. The van der Waals surface area contributed by atoms with Crippen LogP contribution in [0.4, 0.5) is 4.79 Å². The number of hydrogen-bond acceptors (Lipinski definition) is 7. The molecular formula is C19H28N4O4. The number of nitrogens with zero attached hydrogens (tertiary/aromatic N) is 3. The van der Waals surface area contributed by atoms with E-state index in [9.17, 15) is 4.79 Å². The number of nitrogens with two attached hydrogens (primary N) is 1. The number of ether oxygens (including phenoxy) is 2. The molecule has 8 heteroatoms. The quantitative estimate of drug-likeness (QED) is 0.761. The Kier molecular flexibility index (Phi) is 7.18. The lowest BCUT2D eigenvalue weighted by Crippen LogP contribution is -2.43. The maximum absolute atomic E-state index is 12.1. The van der Waals surface area contributed by atoms with Gasteiger partial charge in [0.25, 0.3) is 5.89 Å². The minimum Gasteiger partial charge on any atom is -0.444 e. The molecule has 0 unspecified atom stereocenters. The molecule has 1 aromatic heterocycles. The second kappa shape index (κ2) is 9.36. The molecule has 0 aliphatic carbocycles. The Balaban J connectivity index is 1.81. The Morgan fingerprint density at radius 3 is 2.70 bits per heavy atom. The van der Waals surface area contributed by atoms with E-state index in [1.54, 1.807) is 23.1 Å². The summed E-state index contributed by atoms with van der Waals surface area (Å²) < 4.78 is 16.5. The lowest BCUT2D eigenvalue weighted by atomic mass is 10.1. The van der Waals surface area contributed by atoms with E-state index in [1.807, 2.05) is 20.8 Å². The number of amides is 1. The van der Waals surface area contributed by atoms with E-state index >= 15 is 0 Å². The van der Waals surface area contributed by atoms with Crippen molar-refractivity contribution in [3.8, 4) is 0 Å².